The number of oxazole rings is 1. The van der Waals surface area contributed by atoms with Crippen molar-refractivity contribution in [2.24, 2.45) is 0 Å². The summed E-state index contributed by atoms with van der Waals surface area (Å²) in [5.74, 6) is -1.88. The molecule has 0 aliphatic heterocycles. The van der Waals surface area contributed by atoms with Crippen LogP contribution in [0.25, 0.3) is 22.6 Å². The van der Waals surface area contributed by atoms with E-state index in [9.17, 15) is 13.6 Å². The number of nitrogens with one attached hydrogen (secondary N) is 1. The third-order valence-electron chi connectivity index (χ3n) is 4.10. The van der Waals surface area contributed by atoms with Crippen molar-refractivity contribution in [3.63, 3.8) is 0 Å². The van der Waals surface area contributed by atoms with Crippen LogP contribution in [0.3, 0.4) is 0 Å². The van der Waals surface area contributed by atoms with Gasteiger partial charge in [-0.3, -0.25) is 4.79 Å². The fraction of sp³-hybridized carbons (Fsp3) is 0.0476. The quantitative estimate of drug-likeness (QED) is 0.336. The molecule has 30 heavy (non-hydrogen) atoms. The van der Waals surface area contributed by atoms with E-state index in [0.29, 0.717) is 22.5 Å². The number of fused-ring (bicyclic) bond motifs is 1. The number of ether oxygens (including phenoxy) is 1. The number of carbonyl (C=O) groups excluding carboxylic acids is 1. The first-order chi connectivity index (χ1) is 14.4. The molecule has 0 atom stereocenters. The molecule has 1 N–H and O–H groups in total. The van der Waals surface area contributed by atoms with Gasteiger partial charge in [-0.15, -0.1) is 0 Å². The van der Waals surface area contributed by atoms with Gasteiger partial charge < -0.3 is 14.5 Å². The minimum absolute atomic E-state index is 0.0286. The molecule has 4 rings (SSSR count). The summed E-state index contributed by atoms with van der Waals surface area (Å²) < 4.78 is 38.8. The van der Waals surface area contributed by atoms with Crippen LogP contribution >= 0.6 is 27.5 Å². The van der Waals surface area contributed by atoms with Crippen LogP contribution in [0.1, 0.15) is 0 Å². The Hall–Kier alpha value is -2.97. The van der Waals surface area contributed by atoms with Crippen molar-refractivity contribution in [3.8, 4) is 17.2 Å². The van der Waals surface area contributed by atoms with Gasteiger partial charge in [-0.05, 0) is 54.6 Å². The third kappa shape index (κ3) is 4.44. The zero-order chi connectivity index (χ0) is 21.3. The molecule has 1 aromatic heterocycles. The number of anilines is 1. The average molecular weight is 494 g/mol. The van der Waals surface area contributed by atoms with E-state index in [0.717, 1.165) is 16.6 Å². The minimum Gasteiger partial charge on any atom is -0.484 e. The lowest BCUT2D eigenvalue weighted by molar-refractivity contribution is -0.118. The van der Waals surface area contributed by atoms with Crippen LogP contribution < -0.4 is 10.1 Å². The number of hydrogen-bond donors (Lipinski definition) is 1. The highest BCUT2D eigenvalue weighted by Gasteiger charge is 2.16. The predicted molar refractivity (Wildman–Crippen MR) is 113 cm³/mol. The summed E-state index contributed by atoms with van der Waals surface area (Å²) in [6.07, 6.45) is 0. The van der Waals surface area contributed by atoms with E-state index in [1.54, 1.807) is 30.3 Å². The number of benzene rings is 3. The van der Waals surface area contributed by atoms with Gasteiger partial charge in [0.25, 0.3) is 5.91 Å². The normalized spacial score (nSPS) is 10.9. The number of halogens is 4. The van der Waals surface area contributed by atoms with Crippen molar-refractivity contribution in [1.29, 1.82) is 0 Å². The van der Waals surface area contributed by atoms with Gasteiger partial charge in [-0.2, -0.15) is 0 Å². The molecule has 0 unspecified atom stereocenters. The van der Waals surface area contributed by atoms with E-state index < -0.39 is 11.6 Å². The van der Waals surface area contributed by atoms with E-state index in [1.807, 2.05) is 12.1 Å². The Morgan fingerprint density at radius 3 is 2.60 bits per heavy atom. The standard InChI is InChI=1S/C21H12BrClF2N2O3/c22-11-1-4-13(5-2-11)29-10-20(28)26-12-3-6-19-18(7-12)27-21(30-19)14-8-16(24)17(25)9-15(14)23/h1-9H,10H2,(H,26,28). The highest BCUT2D eigenvalue weighted by molar-refractivity contribution is 9.10. The monoisotopic (exact) mass is 492 g/mol. The second kappa shape index (κ2) is 8.41. The largest absolute Gasteiger partial charge is 0.484 e. The molecule has 9 heteroatoms. The highest BCUT2D eigenvalue weighted by Crippen LogP contribution is 2.32. The maximum Gasteiger partial charge on any atom is 0.262 e. The number of carbonyl (C=O) groups is 1. The SMILES string of the molecule is O=C(COc1ccc(Br)cc1)Nc1ccc2oc(-c3cc(F)c(F)cc3Cl)nc2c1. The van der Waals surface area contributed by atoms with Crippen LogP contribution in [-0.4, -0.2) is 17.5 Å². The Kier molecular flexibility index (Phi) is 5.69. The molecule has 152 valence electrons. The molecule has 0 radical (unpaired) electrons. The zero-order valence-corrected chi connectivity index (χ0v) is 17.4. The van der Waals surface area contributed by atoms with E-state index in [4.69, 9.17) is 20.8 Å². The van der Waals surface area contributed by atoms with Gasteiger partial charge in [-0.25, -0.2) is 13.8 Å². The van der Waals surface area contributed by atoms with E-state index in [-0.39, 0.29) is 29.0 Å². The van der Waals surface area contributed by atoms with Crippen molar-refractivity contribution in [3.05, 3.63) is 75.7 Å². The van der Waals surface area contributed by atoms with Gasteiger partial charge in [0.05, 0.1) is 10.6 Å². The Morgan fingerprint density at radius 1 is 1.10 bits per heavy atom. The number of aromatic nitrogens is 1. The first-order valence-corrected chi connectivity index (χ1v) is 9.80. The van der Waals surface area contributed by atoms with Gasteiger partial charge in [0, 0.05) is 10.2 Å². The molecule has 0 aliphatic carbocycles. The van der Waals surface area contributed by atoms with E-state index in [1.165, 1.54) is 0 Å². The Bertz CT molecular complexity index is 1250. The molecular formula is C21H12BrClF2N2O3. The molecule has 5 nitrogen and oxygen atoms in total. The fourth-order valence-electron chi connectivity index (χ4n) is 2.68. The number of rotatable bonds is 5. The lowest BCUT2D eigenvalue weighted by Gasteiger charge is -2.07. The summed E-state index contributed by atoms with van der Waals surface area (Å²) in [7, 11) is 0. The van der Waals surface area contributed by atoms with Crippen molar-refractivity contribution in [2.75, 3.05) is 11.9 Å². The van der Waals surface area contributed by atoms with Crippen LogP contribution in [0.2, 0.25) is 5.02 Å². The fourth-order valence-corrected chi connectivity index (χ4v) is 3.18. The molecule has 0 saturated carbocycles. The molecular weight excluding hydrogens is 482 g/mol. The van der Waals surface area contributed by atoms with E-state index in [2.05, 4.69) is 26.2 Å². The van der Waals surface area contributed by atoms with E-state index >= 15 is 0 Å². The Labute approximate surface area is 182 Å². The smallest absolute Gasteiger partial charge is 0.262 e. The summed E-state index contributed by atoms with van der Waals surface area (Å²) in [5, 5.41) is 2.67. The van der Waals surface area contributed by atoms with Gasteiger partial charge >= 0.3 is 0 Å². The van der Waals surface area contributed by atoms with Crippen LogP contribution in [0, 0.1) is 11.6 Å². The minimum atomic E-state index is -1.06. The molecule has 1 heterocycles. The molecule has 0 saturated heterocycles. The maximum atomic E-state index is 13.6. The summed E-state index contributed by atoms with van der Waals surface area (Å²) in [6, 6.07) is 13.7. The summed E-state index contributed by atoms with van der Waals surface area (Å²) >= 11 is 9.30. The second-order valence-corrected chi connectivity index (χ2v) is 7.56. The number of nitrogens with zero attached hydrogens (tertiary/aromatic N) is 1. The van der Waals surface area contributed by atoms with Crippen LogP contribution in [0.15, 0.2) is 63.5 Å². The predicted octanol–water partition coefficient (Wildman–Crippen LogP) is 6.21. The third-order valence-corrected chi connectivity index (χ3v) is 4.94. The first-order valence-electron chi connectivity index (χ1n) is 8.63. The average Bonchev–Trinajstić information content (AvgIpc) is 3.13. The van der Waals surface area contributed by atoms with Crippen LogP contribution in [0.4, 0.5) is 14.5 Å². The molecule has 0 aliphatic rings. The Morgan fingerprint density at radius 2 is 1.83 bits per heavy atom. The van der Waals surface area contributed by atoms with Crippen LogP contribution in [-0.2, 0) is 4.79 Å². The molecule has 0 fully saturated rings. The topological polar surface area (TPSA) is 64.4 Å². The summed E-state index contributed by atoms with van der Waals surface area (Å²) in [4.78, 5) is 16.4. The molecule has 4 aromatic rings. The van der Waals surface area contributed by atoms with Crippen molar-refractivity contribution in [2.45, 2.75) is 0 Å². The highest BCUT2D eigenvalue weighted by atomic mass is 79.9. The van der Waals surface area contributed by atoms with Gasteiger partial charge in [0.15, 0.2) is 23.8 Å². The zero-order valence-electron chi connectivity index (χ0n) is 15.1. The number of hydrogen-bond acceptors (Lipinski definition) is 4. The van der Waals surface area contributed by atoms with Crippen molar-refractivity contribution in [1.82, 2.24) is 4.98 Å². The molecule has 1 amide bonds. The van der Waals surface area contributed by atoms with Gasteiger partial charge in [0.2, 0.25) is 5.89 Å². The van der Waals surface area contributed by atoms with Crippen molar-refractivity contribution < 1.29 is 22.7 Å². The van der Waals surface area contributed by atoms with Crippen LogP contribution in [0.5, 0.6) is 5.75 Å². The molecule has 0 bridgehead atoms. The maximum absolute atomic E-state index is 13.6. The van der Waals surface area contributed by atoms with Crippen molar-refractivity contribution >= 4 is 50.2 Å². The first kappa shape index (κ1) is 20.3. The molecule has 3 aromatic carbocycles. The van der Waals surface area contributed by atoms with Gasteiger partial charge in [0.1, 0.15) is 11.3 Å². The second-order valence-electron chi connectivity index (χ2n) is 6.24. The lowest BCUT2D eigenvalue weighted by atomic mass is 10.2. The summed E-state index contributed by atoms with van der Waals surface area (Å²) in [6.45, 7) is -0.172. The lowest BCUT2D eigenvalue weighted by Crippen LogP contribution is -2.20. The Balaban J connectivity index is 1.49. The summed E-state index contributed by atoms with van der Waals surface area (Å²) in [5.41, 5.74) is 1.41. The number of amides is 1. The van der Waals surface area contributed by atoms with Gasteiger partial charge in [-0.1, -0.05) is 27.5 Å². The molecule has 0 spiro atoms.